The Bertz CT molecular complexity index is 1270. The van der Waals surface area contributed by atoms with E-state index in [0.717, 1.165) is 43.4 Å². The van der Waals surface area contributed by atoms with Crippen molar-refractivity contribution in [3.05, 3.63) is 47.5 Å². The van der Waals surface area contributed by atoms with E-state index >= 15 is 0 Å². The fraction of sp³-hybridized carbons (Fsp3) is 0.634. The number of hydrogen-bond acceptors (Lipinski definition) is 7. The van der Waals surface area contributed by atoms with E-state index < -0.39 is 30.9 Å². The molecule has 0 aliphatic heterocycles. The fourth-order valence-corrected chi connectivity index (χ4v) is 6.16. The smallest absolute Gasteiger partial charge is 0.323 e. The van der Waals surface area contributed by atoms with Gasteiger partial charge in [0.25, 0.3) is 5.91 Å². The molecule has 0 bridgehead atoms. The molecule has 0 saturated heterocycles. The number of aromatic hydroxyl groups is 2. The molecule has 0 unspecified atom stereocenters. The highest BCUT2D eigenvalue weighted by molar-refractivity contribution is 6.00. The largest absolute Gasteiger partial charge is 0.504 e. The van der Waals surface area contributed by atoms with Crippen LogP contribution in [-0.4, -0.2) is 69.5 Å². The van der Waals surface area contributed by atoms with Gasteiger partial charge in [-0.25, -0.2) is 0 Å². The number of aliphatic carboxylic acids is 2. The SMILES string of the molecule is CCCCCCCCCCCCCCCCCCOc1ccc(OCCCCCCc2cccc(O)c2O)c(C(=O)N(CC(=O)O)CC(=O)O)c1. The van der Waals surface area contributed by atoms with Gasteiger partial charge in [0, 0.05) is 0 Å². The summed E-state index contributed by atoms with van der Waals surface area (Å²) in [5.74, 6) is -2.94. The van der Waals surface area contributed by atoms with Crippen molar-refractivity contribution in [3.8, 4) is 23.0 Å². The van der Waals surface area contributed by atoms with Gasteiger partial charge in [0.1, 0.15) is 24.6 Å². The number of carbonyl (C=O) groups is 3. The number of phenols is 2. The molecule has 0 spiro atoms. The van der Waals surface area contributed by atoms with Gasteiger partial charge in [-0.2, -0.15) is 0 Å². The monoisotopic (exact) mass is 713 g/mol. The first kappa shape index (κ1) is 43.2. The van der Waals surface area contributed by atoms with Crippen LogP contribution >= 0.6 is 0 Å². The molecule has 0 radical (unpaired) electrons. The molecular formula is C41H63NO9. The summed E-state index contributed by atoms with van der Waals surface area (Å²) in [6.45, 7) is 1.51. The van der Waals surface area contributed by atoms with Crippen LogP contribution in [0.4, 0.5) is 0 Å². The minimum atomic E-state index is -1.32. The van der Waals surface area contributed by atoms with Gasteiger partial charge in [-0.15, -0.1) is 0 Å². The Morgan fingerprint density at radius 3 is 1.63 bits per heavy atom. The number of aryl methyl sites for hydroxylation is 1. The molecule has 2 rings (SSSR count). The van der Waals surface area contributed by atoms with Crippen LogP contribution in [0.1, 0.15) is 151 Å². The predicted octanol–water partition coefficient (Wildman–Crippen LogP) is 9.53. The average molecular weight is 714 g/mol. The molecule has 10 heteroatoms. The zero-order valence-corrected chi connectivity index (χ0v) is 30.9. The normalized spacial score (nSPS) is 11.0. The van der Waals surface area contributed by atoms with E-state index in [2.05, 4.69) is 6.92 Å². The van der Waals surface area contributed by atoms with Crippen LogP contribution in [0.15, 0.2) is 36.4 Å². The number of phenolic OH excluding ortho intramolecular Hbond substituents is 2. The van der Waals surface area contributed by atoms with Gasteiger partial charge in [-0.1, -0.05) is 128 Å². The van der Waals surface area contributed by atoms with E-state index in [-0.39, 0.29) is 22.8 Å². The van der Waals surface area contributed by atoms with Crippen LogP contribution in [-0.2, 0) is 16.0 Å². The summed E-state index contributed by atoms with van der Waals surface area (Å²) in [5.41, 5.74) is 0.750. The maximum absolute atomic E-state index is 13.4. The number of carboxylic acids is 2. The molecule has 0 aliphatic rings. The third-order valence-electron chi connectivity index (χ3n) is 9.08. The number of amides is 1. The number of ether oxygens (including phenoxy) is 2. The lowest BCUT2D eigenvalue weighted by molar-refractivity contribution is -0.140. The van der Waals surface area contributed by atoms with E-state index in [0.29, 0.717) is 37.4 Å². The summed E-state index contributed by atoms with van der Waals surface area (Å²) in [6.07, 6.45) is 24.3. The van der Waals surface area contributed by atoms with E-state index in [1.165, 1.54) is 95.6 Å². The summed E-state index contributed by atoms with van der Waals surface area (Å²) in [5, 5.41) is 38.3. The highest BCUT2D eigenvalue weighted by atomic mass is 16.5. The first-order valence-corrected chi connectivity index (χ1v) is 19.3. The van der Waals surface area contributed by atoms with Crippen LogP contribution in [0, 0.1) is 0 Å². The molecule has 0 saturated carbocycles. The molecular weight excluding hydrogens is 650 g/mol. The van der Waals surface area contributed by atoms with Gasteiger partial charge in [-0.3, -0.25) is 14.4 Å². The highest BCUT2D eigenvalue weighted by Crippen LogP contribution is 2.30. The number of rotatable bonds is 31. The van der Waals surface area contributed by atoms with Crippen molar-refractivity contribution in [2.24, 2.45) is 0 Å². The van der Waals surface area contributed by atoms with Crippen LogP contribution in [0.5, 0.6) is 23.0 Å². The van der Waals surface area contributed by atoms with Crippen molar-refractivity contribution in [2.45, 2.75) is 142 Å². The molecule has 0 heterocycles. The Labute approximate surface area is 305 Å². The van der Waals surface area contributed by atoms with Gasteiger partial charge in [0.15, 0.2) is 11.5 Å². The summed E-state index contributed by atoms with van der Waals surface area (Å²) in [6, 6.07) is 9.74. The Balaban J connectivity index is 1.76. The minimum absolute atomic E-state index is 0.0568. The van der Waals surface area contributed by atoms with Crippen LogP contribution < -0.4 is 9.47 Å². The molecule has 0 atom stereocenters. The van der Waals surface area contributed by atoms with E-state index in [9.17, 15) is 34.8 Å². The zero-order chi connectivity index (χ0) is 37.1. The number of para-hydroxylation sites is 1. The number of hydrogen-bond donors (Lipinski definition) is 4. The molecule has 4 N–H and O–H groups in total. The lowest BCUT2D eigenvalue weighted by atomic mass is 10.0. The summed E-state index contributed by atoms with van der Waals surface area (Å²) in [4.78, 5) is 37.0. The van der Waals surface area contributed by atoms with Crippen molar-refractivity contribution in [2.75, 3.05) is 26.3 Å². The lowest BCUT2D eigenvalue weighted by Gasteiger charge is -2.21. The Kier molecular flexibility index (Phi) is 22.7. The molecule has 51 heavy (non-hydrogen) atoms. The maximum atomic E-state index is 13.4. The third-order valence-corrected chi connectivity index (χ3v) is 9.08. The van der Waals surface area contributed by atoms with E-state index in [4.69, 9.17) is 9.47 Å². The molecule has 0 aromatic heterocycles. The minimum Gasteiger partial charge on any atom is -0.504 e. The summed E-state index contributed by atoms with van der Waals surface area (Å²) in [7, 11) is 0. The second kappa shape index (κ2) is 26.8. The van der Waals surface area contributed by atoms with E-state index in [1.807, 2.05) is 0 Å². The predicted molar refractivity (Wildman–Crippen MR) is 200 cm³/mol. The molecule has 2 aromatic rings. The van der Waals surface area contributed by atoms with Gasteiger partial charge in [-0.05, 0) is 55.5 Å². The lowest BCUT2D eigenvalue weighted by Crippen LogP contribution is -2.39. The van der Waals surface area contributed by atoms with Crippen molar-refractivity contribution >= 4 is 17.8 Å². The van der Waals surface area contributed by atoms with Gasteiger partial charge in [0.05, 0.1) is 18.8 Å². The molecule has 1 amide bonds. The van der Waals surface area contributed by atoms with Gasteiger partial charge >= 0.3 is 11.9 Å². The van der Waals surface area contributed by atoms with Crippen molar-refractivity contribution < 1.29 is 44.3 Å². The molecule has 0 fully saturated rings. The standard InChI is InChI=1S/C41H63NO9/c1-2-3-4-5-6-7-8-9-10-11-12-13-14-15-17-20-28-50-34-26-27-37(35(30-34)41(49)42(31-38(44)45)32-39(46)47)51-29-21-18-16-19-23-33-24-22-25-36(43)40(33)48/h22,24-27,30,43,48H,2-21,23,28-29,31-32H2,1H3,(H,44,45)(H,46,47). The fourth-order valence-electron chi connectivity index (χ4n) is 6.16. The molecule has 10 nitrogen and oxygen atoms in total. The van der Waals surface area contributed by atoms with E-state index in [1.54, 1.807) is 24.3 Å². The summed E-state index contributed by atoms with van der Waals surface area (Å²) >= 11 is 0. The Morgan fingerprint density at radius 2 is 1.10 bits per heavy atom. The molecule has 0 aliphatic carbocycles. The van der Waals surface area contributed by atoms with Crippen molar-refractivity contribution in [1.29, 1.82) is 0 Å². The Morgan fingerprint density at radius 1 is 0.608 bits per heavy atom. The molecule has 286 valence electrons. The maximum Gasteiger partial charge on any atom is 0.323 e. The van der Waals surface area contributed by atoms with Gasteiger partial charge in [0.2, 0.25) is 0 Å². The quantitative estimate of drug-likeness (QED) is 0.0442. The van der Waals surface area contributed by atoms with Crippen molar-refractivity contribution in [3.63, 3.8) is 0 Å². The second-order valence-corrected chi connectivity index (χ2v) is 13.6. The zero-order valence-electron chi connectivity index (χ0n) is 30.9. The van der Waals surface area contributed by atoms with Crippen LogP contribution in [0.2, 0.25) is 0 Å². The third kappa shape index (κ3) is 19.3. The Hall–Kier alpha value is -3.95. The number of carboxylic acid groups (broad SMARTS) is 2. The second-order valence-electron chi connectivity index (χ2n) is 13.6. The summed E-state index contributed by atoms with van der Waals surface area (Å²) < 4.78 is 11.9. The van der Waals surface area contributed by atoms with Crippen molar-refractivity contribution in [1.82, 2.24) is 4.90 Å². The number of unbranched alkanes of at least 4 members (excludes halogenated alkanes) is 18. The number of benzene rings is 2. The van der Waals surface area contributed by atoms with Crippen LogP contribution in [0.3, 0.4) is 0 Å². The highest BCUT2D eigenvalue weighted by Gasteiger charge is 2.25. The topological polar surface area (TPSA) is 154 Å². The first-order chi connectivity index (χ1) is 24.7. The first-order valence-electron chi connectivity index (χ1n) is 19.3. The number of carbonyl (C=O) groups excluding carboxylic acids is 1. The van der Waals surface area contributed by atoms with Gasteiger partial charge < -0.3 is 34.8 Å². The van der Waals surface area contributed by atoms with Crippen LogP contribution in [0.25, 0.3) is 0 Å². The molecule has 2 aromatic carbocycles. The average Bonchev–Trinajstić information content (AvgIpc) is 3.10. The number of nitrogens with zero attached hydrogens (tertiary/aromatic N) is 1.